The molecule has 1 aromatic heterocycles. The first kappa shape index (κ1) is 27.1. The molecule has 0 amide bonds. The van der Waals surface area contributed by atoms with E-state index in [9.17, 15) is 22.0 Å². The summed E-state index contributed by atoms with van der Waals surface area (Å²) in [7, 11) is -7.31. The third-order valence-electron chi connectivity index (χ3n) is 3.87. The highest BCUT2D eigenvalue weighted by Gasteiger charge is 2.18. The van der Waals surface area contributed by atoms with Crippen molar-refractivity contribution in [2.45, 2.75) is 19.6 Å². The SMILES string of the molecule is Cc1ccc(N=C(NO)c2nonc2NCCCNC(NS(C)(=O)=O)NS(C)(=O)=O)cc1Br. The second kappa shape index (κ2) is 11.8. The Kier molecular flexibility index (Phi) is 9.70. The second-order valence-corrected chi connectivity index (χ2v) is 11.3. The summed E-state index contributed by atoms with van der Waals surface area (Å²) >= 11 is 3.42. The maximum atomic E-state index is 11.4. The third kappa shape index (κ3) is 9.70. The predicted molar refractivity (Wildman–Crippen MR) is 125 cm³/mol. The van der Waals surface area contributed by atoms with Gasteiger partial charge in [-0.25, -0.2) is 26.5 Å². The first-order valence-electron chi connectivity index (χ1n) is 9.37. The number of sulfonamides is 2. The fourth-order valence-electron chi connectivity index (χ4n) is 2.45. The molecule has 1 aromatic carbocycles. The van der Waals surface area contributed by atoms with Crippen molar-refractivity contribution in [3.05, 3.63) is 33.9 Å². The van der Waals surface area contributed by atoms with Crippen LogP contribution >= 0.6 is 15.9 Å². The molecule has 0 aliphatic rings. The third-order valence-corrected chi connectivity index (χ3v) is 6.06. The van der Waals surface area contributed by atoms with Gasteiger partial charge in [-0.2, -0.15) is 9.44 Å². The molecule has 2 rings (SSSR count). The zero-order chi connectivity index (χ0) is 24.6. The van der Waals surface area contributed by atoms with E-state index < -0.39 is 26.3 Å². The highest BCUT2D eigenvalue weighted by atomic mass is 79.9. The number of anilines is 1. The number of aromatic nitrogens is 2. The summed E-state index contributed by atoms with van der Waals surface area (Å²) in [6.07, 6.45) is 1.06. The van der Waals surface area contributed by atoms with Crippen molar-refractivity contribution in [3.8, 4) is 0 Å². The van der Waals surface area contributed by atoms with Crippen molar-refractivity contribution in [1.82, 2.24) is 30.6 Å². The van der Waals surface area contributed by atoms with Crippen LogP contribution in [0.3, 0.4) is 0 Å². The van der Waals surface area contributed by atoms with Gasteiger partial charge in [0.05, 0.1) is 18.2 Å². The molecule has 0 saturated carbocycles. The van der Waals surface area contributed by atoms with Gasteiger partial charge in [0.25, 0.3) is 0 Å². The first-order chi connectivity index (χ1) is 15.4. The van der Waals surface area contributed by atoms with Gasteiger partial charge in [0, 0.05) is 11.0 Å². The topological polar surface area (TPSA) is 200 Å². The lowest BCUT2D eigenvalue weighted by molar-refractivity contribution is 0.234. The lowest BCUT2D eigenvalue weighted by atomic mass is 10.2. The molecule has 17 heteroatoms. The summed E-state index contributed by atoms with van der Waals surface area (Å²) in [5, 5.41) is 22.7. The van der Waals surface area contributed by atoms with Crippen LogP contribution in [0.5, 0.6) is 0 Å². The fraction of sp³-hybridized carbons (Fsp3) is 0.438. The average molecular weight is 569 g/mol. The van der Waals surface area contributed by atoms with Gasteiger partial charge in [0.15, 0.2) is 11.5 Å². The first-order valence-corrected chi connectivity index (χ1v) is 14.0. The van der Waals surface area contributed by atoms with E-state index >= 15 is 0 Å². The van der Waals surface area contributed by atoms with Crippen LogP contribution in [0.2, 0.25) is 0 Å². The molecule has 0 radical (unpaired) electrons. The van der Waals surface area contributed by atoms with Gasteiger partial charge in [-0.15, -0.1) is 0 Å². The van der Waals surface area contributed by atoms with E-state index in [0.29, 0.717) is 18.7 Å². The van der Waals surface area contributed by atoms with Crippen molar-refractivity contribution in [2.75, 3.05) is 30.9 Å². The standard InChI is InChI=1S/C16H25BrN8O6S2/c1-10-5-6-11(9-12(10)17)20-15(21-26)13-14(23-31-22-13)18-7-4-8-19-16(24-32(2,27)28)25-33(3,29)30/h5-6,9,16,19,24-26H,4,7-8H2,1-3H3,(H,18,23)(H,20,21). The summed E-state index contributed by atoms with van der Waals surface area (Å²) in [6.45, 7) is 2.49. The van der Waals surface area contributed by atoms with Crippen LogP contribution in [0.25, 0.3) is 0 Å². The van der Waals surface area contributed by atoms with E-state index in [4.69, 9.17) is 4.63 Å². The number of hydrogen-bond acceptors (Lipinski definition) is 11. The lowest BCUT2D eigenvalue weighted by Crippen LogP contribution is -2.56. The number of amidine groups is 1. The maximum absolute atomic E-state index is 11.4. The Balaban J connectivity index is 1.97. The monoisotopic (exact) mass is 568 g/mol. The van der Waals surface area contributed by atoms with Crippen molar-refractivity contribution in [3.63, 3.8) is 0 Å². The second-order valence-electron chi connectivity index (χ2n) is 6.91. The van der Waals surface area contributed by atoms with Crippen LogP contribution in [0.15, 0.2) is 32.3 Å². The summed E-state index contributed by atoms with van der Waals surface area (Å²) in [4.78, 5) is 4.30. The molecular weight excluding hydrogens is 544 g/mol. The summed E-state index contributed by atoms with van der Waals surface area (Å²) < 4.78 is 55.5. The normalized spacial score (nSPS) is 12.8. The number of benzene rings is 1. The summed E-state index contributed by atoms with van der Waals surface area (Å²) in [5.74, 6) is 0.212. The molecule has 184 valence electrons. The molecule has 1 heterocycles. The minimum Gasteiger partial charge on any atom is -0.365 e. The van der Waals surface area contributed by atoms with Crippen LogP contribution in [-0.4, -0.2) is 70.1 Å². The van der Waals surface area contributed by atoms with E-state index in [-0.39, 0.29) is 23.9 Å². The van der Waals surface area contributed by atoms with Crippen LogP contribution in [-0.2, 0) is 20.0 Å². The van der Waals surface area contributed by atoms with Gasteiger partial charge < -0.3 is 5.32 Å². The molecule has 0 atom stereocenters. The molecule has 33 heavy (non-hydrogen) atoms. The molecule has 0 unspecified atom stereocenters. The smallest absolute Gasteiger partial charge is 0.211 e. The number of nitrogens with zero attached hydrogens (tertiary/aromatic N) is 3. The van der Waals surface area contributed by atoms with Gasteiger partial charge in [-0.1, -0.05) is 22.0 Å². The number of hydrogen-bond donors (Lipinski definition) is 6. The maximum Gasteiger partial charge on any atom is 0.211 e. The van der Waals surface area contributed by atoms with E-state index in [1.165, 1.54) is 0 Å². The number of aliphatic imine (C=N–C) groups is 1. The fourth-order valence-corrected chi connectivity index (χ4v) is 4.03. The molecule has 0 aliphatic heterocycles. The molecule has 0 aliphatic carbocycles. The Morgan fingerprint density at radius 2 is 1.82 bits per heavy atom. The Labute approximate surface area is 199 Å². The van der Waals surface area contributed by atoms with Gasteiger partial charge in [-0.05, 0) is 47.9 Å². The van der Waals surface area contributed by atoms with Gasteiger partial charge in [-0.3, -0.25) is 16.0 Å². The van der Waals surface area contributed by atoms with E-state index in [1.54, 1.807) is 12.1 Å². The number of halogens is 1. The van der Waals surface area contributed by atoms with Gasteiger partial charge in [0.1, 0.15) is 6.29 Å². The average Bonchev–Trinajstić information content (AvgIpc) is 3.14. The number of aryl methyl sites for hydroxylation is 1. The summed E-state index contributed by atoms with van der Waals surface area (Å²) in [6, 6.07) is 5.38. The molecule has 0 spiro atoms. The Hall–Kier alpha value is -2.15. The van der Waals surface area contributed by atoms with Crippen LogP contribution in [0, 0.1) is 6.92 Å². The molecule has 0 bridgehead atoms. The Morgan fingerprint density at radius 3 is 2.39 bits per heavy atom. The van der Waals surface area contributed by atoms with Crippen LogP contribution < -0.4 is 25.6 Å². The number of hydroxylamine groups is 1. The van der Waals surface area contributed by atoms with Crippen molar-refractivity contribution < 1.29 is 26.7 Å². The lowest BCUT2D eigenvalue weighted by Gasteiger charge is -2.19. The molecule has 6 N–H and O–H groups in total. The highest BCUT2D eigenvalue weighted by Crippen LogP contribution is 2.23. The number of nitrogens with one attached hydrogen (secondary N) is 5. The highest BCUT2D eigenvalue weighted by molar-refractivity contribution is 9.10. The van der Waals surface area contributed by atoms with Gasteiger partial charge in [0.2, 0.25) is 25.9 Å². The van der Waals surface area contributed by atoms with E-state index in [1.807, 2.05) is 18.5 Å². The zero-order valence-electron chi connectivity index (χ0n) is 18.0. The van der Waals surface area contributed by atoms with E-state index in [0.717, 1.165) is 22.5 Å². The Bertz CT molecular complexity index is 1150. The molecule has 0 saturated heterocycles. The van der Waals surface area contributed by atoms with Crippen molar-refractivity contribution in [2.24, 2.45) is 4.99 Å². The zero-order valence-corrected chi connectivity index (χ0v) is 21.2. The molecule has 14 nitrogen and oxygen atoms in total. The van der Waals surface area contributed by atoms with Crippen molar-refractivity contribution in [1.29, 1.82) is 0 Å². The summed E-state index contributed by atoms with van der Waals surface area (Å²) in [5.41, 5.74) is 3.68. The van der Waals surface area contributed by atoms with Gasteiger partial charge >= 0.3 is 0 Å². The predicted octanol–water partition coefficient (Wildman–Crippen LogP) is -0.0288. The van der Waals surface area contributed by atoms with Crippen LogP contribution in [0.1, 0.15) is 17.7 Å². The molecule has 2 aromatic rings. The quantitative estimate of drug-likeness (QED) is 0.0659. The van der Waals surface area contributed by atoms with E-state index in [2.05, 4.69) is 51.3 Å². The number of rotatable bonds is 12. The van der Waals surface area contributed by atoms with Crippen LogP contribution in [0.4, 0.5) is 11.5 Å². The molecular formula is C16H25BrN8O6S2. The minimum absolute atomic E-state index is 0.00222. The molecule has 0 fully saturated rings. The largest absolute Gasteiger partial charge is 0.365 e. The minimum atomic E-state index is -3.66. The van der Waals surface area contributed by atoms with Crippen molar-refractivity contribution >= 4 is 53.3 Å². The Morgan fingerprint density at radius 1 is 1.15 bits per heavy atom.